The minimum atomic E-state index is -1.41. The van der Waals surface area contributed by atoms with Crippen LogP contribution in [-0.4, -0.2) is 26.9 Å². The molecule has 1 heterocycles. The van der Waals surface area contributed by atoms with Gasteiger partial charge in [-0.2, -0.15) is 0 Å². The van der Waals surface area contributed by atoms with Gasteiger partial charge in [0.25, 0.3) is 0 Å². The first-order chi connectivity index (χ1) is 12.1. The summed E-state index contributed by atoms with van der Waals surface area (Å²) in [6.45, 7) is 2.18. The summed E-state index contributed by atoms with van der Waals surface area (Å²) in [7, 11) is -1.41. The molecule has 3 aromatic rings. The molecular weight excluding hydrogens is 356 g/mol. The minimum absolute atomic E-state index is 0.215. The fraction of sp³-hybridized carbons (Fsp3) is 0.211. The standard InChI is InChI=1S/C19H19ClN2O2S/c1-13(25(24)16-8-6-15(20)7-9-16)19(23)21-11-10-14-12-22-18-5-3-2-4-17(14)18/h2-9,12-13,22H,10-11H2,1H3,(H,21,23). The Labute approximate surface area is 154 Å². The molecule has 1 amide bonds. The van der Waals surface area contributed by atoms with Crippen LogP contribution in [0.5, 0.6) is 0 Å². The zero-order valence-corrected chi connectivity index (χ0v) is 15.4. The quantitative estimate of drug-likeness (QED) is 0.691. The number of para-hydroxylation sites is 1. The topological polar surface area (TPSA) is 62.0 Å². The van der Waals surface area contributed by atoms with E-state index in [1.54, 1.807) is 31.2 Å². The Morgan fingerprint density at radius 3 is 2.68 bits per heavy atom. The number of halogens is 1. The summed E-state index contributed by atoms with van der Waals surface area (Å²) in [5, 5.41) is 4.00. The molecule has 1 aromatic heterocycles. The predicted octanol–water partition coefficient (Wildman–Crippen LogP) is 3.68. The van der Waals surface area contributed by atoms with E-state index in [1.165, 1.54) is 0 Å². The first-order valence-corrected chi connectivity index (χ1v) is 9.64. The smallest absolute Gasteiger partial charge is 0.235 e. The summed E-state index contributed by atoms with van der Waals surface area (Å²) in [6.07, 6.45) is 2.68. The van der Waals surface area contributed by atoms with Gasteiger partial charge in [0.2, 0.25) is 5.91 Å². The number of amides is 1. The fourth-order valence-corrected chi connectivity index (χ4v) is 3.89. The summed E-state index contributed by atoms with van der Waals surface area (Å²) in [5.41, 5.74) is 2.24. The zero-order chi connectivity index (χ0) is 17.8. The van der Waals surface area contributed by atoms with Crippen molar-refractivity contribution in [3.8, 4) is 0 Å². The van der Waals surface area contributed by atoms with E-state index in [9.17, 15) is 9.00 Å². The Bertz CT molecular complexity index is 905. The number of benzene rings is 2. The minimum Gasteiger partial charge on any atom is -0.361 e. The molecule has 6 heteroatoms. The summed E-state index contributed by atoms with van der Waals surface area (Å²) < 4.78 is 12.5. The number of nitrogens with one attached hydrogen (secondary N) is 2. The fourth-order valence-electron chi connectivity index (χ4n) is 2.67. The van der Waals surface area contributed by atoms with Crippen LogP contribution in [0.1, 0.15) is 12.5 Å². The molecule has 130 valence electrons. The third kappa shape index (κ3) is 4.11. The largest absolute Gasteiger partial charge is 0.361 e. The maximum absolute atomic E-state index is 12.5. The van der Waals surface area contributed by atoms with Crippen molar-refractivity contribution in [3.63, 3.8) is 0 Å². The first kappa shape index (κ1) is 17.7. The van der Waals surface area contributed by atoms with E-state index in [0.29, 0.717) is 16.5 Å². The Morgan fingerprint density at radius 1 is 1.20 bits per heavy atom. The molecule has 2 aromatic carbocycles. The van der Waals surface area contributed by atoms with Crippen molar-refractivity contribution >= 4 is 39.2 Å². The van der Waals surface area contributed by atoms with E-state index in [1.807, 2.05) is 24.4 Å². The maximum Gasteiger partial charge on any atom is 0.235 e. The van der Waals surface area contributed by atoms with Crippen LogP contribution < -0.4 is 5.32 Å². The van der Waals surface area contributed by atoms with Gasteiger partial charge in [-0.15, -0.1) is 0 Å². The number of fused-ring (bicyclic) bond motifs is 1. The van der Waals surface area contributed by atoms with Crippen LogP contribution in [0.15, 0.2) is 59.6 Å². The van der Waals surface area contributed by atoms with E-state index in [2.05, 4.69) is 16.4 Å². The lowest BCUT2D eigenvalue weighted by Gasteiger charge is -2.12. The Kier molecular flexibility index (Phi) is 5.56. The third-order valence-corrected chi connectivity index (χ3v) is 5.95. The van der Waals surface area contributed by atoms with Gasteiger partial charge in [-0.05, 0) is 49.2 Å². The molecule has 0 aliphatic heterocycles. The molecule has 2 unspecified atom stereocenters. The lowest BCUT2D eigenvalue weighted by atomic mass is 10.1. The van der Waals surface area contributed by atoms with Gasteiger partial charge in [-0.1, -0.05) is 29.8 Å². The van der Waals surface area contributed by atoms with Crippen molar-refractivity contribution < 1.29 is 9.00 Å². The van der Waals surface area contributed by atoms with Crippen LogP contribution in [0.4, 0.5) is 0 Å². The van der Waals surface area contributed by atoms with Crippen LogP contribution in [0.3, 0.4) is 0 Å². The lowest BCUT2D eigenvalue weighted by molar-refractivity contribution is -0.120. The SMILES string of the molecule is CC(C(=O)NCCc1c[nH]c2ccccc12)S(=O)c1ccc(Cl)cc1. The average Bonchev–Trinajstić information content (AvgIpc) is 3.04. The van der Waals surface area contributed by atoms with Crippen molar-refractivity contribution in [1.82, 2.24) is 10.3 Å². The number of aromatic amines is 1. The van der Waals surface area contributed by atoms with Gasteiger partial charge in [-0.3, -0.25) is 9.00 Å². The first-order valence-electron chi connectivity index (χ1n) is 8.05. The van der Waals surface area contributed by atoms with Gasteiger partial charge in [0.05, 0.1) is 10.8 Å². The second kappa shape index (κ2) is 7.85. The number of aromatic nitrogens is 1. The van der Waals surface area contributed by atoms with Crippen molar-refractivity contribution in [2.45, 2.75) is 23.5 Å². The van der Waals surface area contributed by atoms with E-state index in [0.717, 1.165) is 22.9 Å². The summed E-state index contributed by atoms with van der Waals surface area (Å²) >= 11 is 5.84. The Morgan fingerprint density at radius 2 is 1.92 bits per heavy atom. The van der Waals surface area contributed by atoms with Crippen LogP contribution in [0, 0.1) is 0 Å². The number of hydrogen-bond donors (Lipinski definition) is 2. The second-order valence-electron chi connectivity index (χ2n) is 5.79. The molecule has 0 radical (unpaired) electrons. The van der Waals surface area contributed by atoms with Crippen LogP contribution >= 0.6 is 11.6 Å². The average molecular weight is 375 g/mol. The van der Waals surface area contributed by atoms with Crippen molar-refractivity contribution in [3.05, 3.63) is 65.3 Å². The number of rotatable bonds is 6. The molecule has 0 saturated heterocycles. The van der Waals surface area contributed by atoms with E-state index in [-0.39, 0.29) is 5.91 Å². The number of H-pyrrole nitrogens is 1. The van der Waals surface area contributed by atoms with Gasteiger partial charge < -0.3 is 10.3 Å². The summed E-state index contributed by atoms with van der Waals surface area (Å²) in [6, 6.07) is 14.8. The van der Waals surface area contributed by atoms with Gasteiger partial charge in [0.15, 0.2) is 0 Å². The number of hydrogen-bond acceptors (Lipinski definition) is 2. The highest BCUT2D eigenvalue weighted by atomic mass is 35.5. The van der Waals surface area contributed by atoms with Crippen LogP contribution in [0.25, 0.3) is 10.9 Å². The highest BCUT2D eigenvalue weighted by Gasteiger charge is 2.21. The van der Waals surface area contributed by atoms with Crippen molar-refractivity contribution in [2.75, 3.05) is 6.54 Å². The van der Waals surface area contributed by atoms with E-state index in [4.69, 9.17) is 11.6 Å². The Hall–Kier alpha value is -2.11. The molecule has 0 spiro atoms. The molecule has 0 saturated carbocycles. The molecule has 0 bridgehead atoms. The van der Waals surface area contributed by atoms with Crippen molar-refractivity contribution in [2.24, 2.45) is 0 Å². The van der Waals surface area contributed by atoms with Crippen LogP contribution in [0.2, 0.25) is 5.02 Å². The second-order valence-corrected chi connectivity index (χ2v) is 8.00. The highest BCUT2D eigenvalue weighted by Crippen LogP contribution is 2.18. The molecule has 0 aliphatic rings. The molecule has 0 aliphatic carbocycles. The number of carbonyl (C=O) groups excluding carboxylic acids is 1. The molecule has 2 atom stereocenters. The van der Waals surface area contributed by atoms with Gasteiger partial charge in [-0.25, -0.2) is 0 Å². The molecule has 4 nitrogen and oxygen atoms in total. The molecule has 3 rings (SSSR count). The molecule has 25 heavy (non-hydrogen) atoms. The summed E-state index contributed by atoms with van der Waals surface area (Å²) in [4.78, 5) is 16.1. The monoisotopic (exact) mass is 374 g/mol. The number of carbonyl (C=O) groups is 1. The van der Waals surface area contributed by atoms with Gasteiger partial charge in [0, 0.05) is 33.6 Å². The zero-order valence-electron chi connectivity index (χ0n) is 13.8. The van der Waals surface area contributed by atoms with E-state index < -0.39 is 16.0 Å². The molecular formula is C19H19ClN2O2S. The van der Waals surface area contributed by atoms with E-state index >= 15 is 0 Å². The normalized spacial score (nSPS) is 13.5. The Balaban J connectivity index is 1.56. The molecule has 0 fully saturated rings. The van der Waals surface area contributed by atoms with Gasteiger partial charge in [0.1, 0.15) is 5.25 Å². The molecule has 2 N–H and O–H groups in total. The highest BCUT2D eigenvalue weighted by molar-refractivity contribution is 7.86. The van der Waals surface area contributed by atoms with Crippen molar-refractivity contribution in [1.29, 1.82) is 0 Å². The lowest BCUT2D eigenvalue weighted by Crippen LogP contribution is -2.36. The third-order valence-electron chi connectivity index (χ3n) is 4.10. The van der Waals surface area contributed by atoms with Gasteiger partial charge >= 0.3 is 0 Å². The maximum atomic E-state index is 12.5. The van der Waals surface area contributed by atoms with Crippen LogP contribution in [-0.2, 0) is 22.0 Å². The predicted molar refractivity (Wildman–Crippen MR) is 102 cm³/mol. The summed E-state index contributed by atoms with van der Waals surface area (Å²) in [5.74, 6) is -0.215.